The Morgan fingerprint density at radius 1 is 1.46 bits per heavy atom. The summed E-state index contributed by atoms with van der Waals surface area (Å²) in [5, 5.41) is 12.9. The molecule has 0 fully saturated rings. The monoisotopic (exact) mass is 380 g/mol. The lowest BCUT2D eigenvalue weighted by Gasteiger charge is -2.20. The van der Waals surface area contributed by atoms with Crippen LogP contribution in [-0.2, 0) is 0 Å². The number of halogens is 2. The van der Waals surface area contributed by atoms with E-state index in [0.717, 1.165) is 15.8 Å². The lowest BCUT2D eigenvalue weighted by molar-refractivity contribution is 0.0696. The van der Waals surface area contributed by atoms with E-state index in [2.05, 4.69) is 10.1 Å². The maximum atomic E-state index is 13.1. The van der Waals surface area contributed by atoms with E-state index in [0.29, 0.717) is 10.7 Å². The van der Waals surface area contributed by atoms with E-state index < -0.39 is 18.2 Å². The molecule has 0 spiro atoms. The Balaban J connectivity index is 2.26. The lowest BCUT2D eigenvalue weighted by Crippen LogP contribution is -2.42. The molecule has 0 saturated carbocycles. The Kier molecular flexibility index (Phi) is 4.57. The quantitative estimate of drug-likeness (QED) is 0.276. The first kappa shape index (κ1) is 17.8. The number of fused-ring (bicyclic) bond motifs is 1. The predicted molar refractivity (Wildman–Crippen MR) is 94.5 cm³/mol. The summed E-state index contributed by atoms with van der Waals surface area (Å²) in [6.07, 6.45) is -0.174. The van der Waals surface area contributed by atoms with E-state index in [1.807, 2.05) is 19.1 Å². The van der Waals surface area contributed by atoms with E-state index in [-0.39, 0.29) is 16.9 Å². The summed E-state index contributed by atoms with van der Waals surface area (Å²) in [7, 11) is 0. The number of hydrazone groups is 1. The molecular weight excluding hydrogens is 366 g/mol. The normalized spacial score (nSPS) is 12.1. The third-order valence-electron chi connectivity index (χ3n) is 3.66. The lowest BCUT2D eigenvalue weighted by atomic mass is 10.2. The van der Waals surface area contributed by atoms with Gasteiger partial charge in [0.15, 0.2) is 5.65 Å². The highest BCUT2D eigenvalue weighted by atomic mass is 32.1. The molecule has 8 nitrogen and oxygen atoms in total. The number of nitrogens with zero attached hydrogens (tertiary/aromatic N) is 4. The Hall–Kier alpha value is -3.05. The van der Waals surface area contributed by atoms with E-state index in [1.54, 1.807) is 0 Å². The standard InChI is InChI=1S/C15H14F2N6O2S/c1-7-2-3-11(26-7)10-5-20-13-9(23(19)14(21-18)12(16)17)4-8(15(24)25)6-22(10)13/h2-6,12H,18-19H2,1H3,(H,24,25)/b21-14-. The average molecular weight is 380 g/mol. The van der Waals surface area contributed by atoms with Crippen molar-refractivity contribution < 1.29 is 18.7 Å². The van der Waals surface area contributed by atoms with Gasteiger partial charge in [-0.05, 0) is 25.1 Å². The first-order valence-corrected chi connectivity index (χ1v) is 8.07. The minimum absolute atomic E-state index is 0.0612. The molecule has 3 aromatic rings. The molecule has 3 heterocycles. The summed E-state index contributed by atoms with van der Waals surface area (Å²) in [5.74, 6) is 8.58. The second kappa shape index (κ2) is 6.69. The van der Waals surface area contributed by atoms with Gasteiger partial charge in [0, 0.05) is 11.1 Å². The van der Waals surface area contributed by atoms with Crippen molar-refractivity contribution in [3.8, 4) is 10.6 Å². The molecule has 0 amide bonds. The molecule has 0 aromatic carbocycles. The van der Waals surface area contributed by atoms with Gasteiger partial charge in [0.1, 0.15) is 5.69 Å². The minimum atomic E-state index is -3.05. The van der Waals surface area contributed by atoms with Crippen molar-refractivity contribution in [3.05, 3.63) is 41.0 Å². The number of aromatic carboxylic acids is 1. The van der Waals surface area contributed by atoms with Crippen molar-refractivity contribution in [2.24, 2.45) is 16.8 Å². The van der Waals surface area contributed by atoms with Crippen molar-refractivity contribution in [2.45, 2.75) is 13.3 Å². The smallest absolute Gasteiger partial charge is 0.337 e. The highest BCUT2D eigenvalue weighted by molar-refractivity contribution is 7.15. The second-order valence-electron chi connectivity index (χ2n) is 5.32. The molecule has 0 atom stereocenters. The maximum Gasteiger partial charge on any atom is 0.337 e. The van der Waals surface area contributed by atoms with Crippen LogP contribution in [0, 0.1) is 6.92 Å². The van der Waals surface area contributed by atoms with Crippen molar-refractivity contribution in [1.29, 1.82) is 0 Å². The van der Waals surface area contributed by atoms with E-state index in [4.69, 9.17) is 11.7 Å². The van der Waals surface area contributed by atoms with E-state index in [1.165, 1.54) is 28.1 Å². The molecule has 0 unspecified atom stereocenters. The molecule has 26 heavy (non-hydrogen) atoms. The number of amidine groups is 1. The minimum Gasteiger partial charge on any atom is -0.478 e. The van der Waals surface area contributed by atoms with Gasteiger partial charge in [-0.25, -0.2) is 24.4 Å². The zero-order valence-corrected chi connectivity index (χ0v) is 14.2. The van der Waals surface area contributed by atoms with Crippen LogP contribution < -0.4 is 16.7 Å². The fraction of sp³-hybridized carbons (Fsp3) is 0.133. The number of carbonyl (C=O) groups is 1. The van der Waals surface area contributed by atoms with Crippen molar-refractivity contribution in [1.82, 2.24) is 9.38 Å². The van der Waals surface area contributed by atoms with Gasteiger partial charge >= 0.3 is 5.97 Å². The maximum absolute atomic E-state index is 13.1. The number of thiophene rings is 1. The van der Waals surface area contributed by atoms with Crippen LogP contribution in [0.25, 0.3) is 16.2 Å². The van der Waals surface area contributed by atoms with Gasteiger partial charge in [-0.1, -0.05) is 0 Å². The zero-order valence-electron chi connectivity index (χ0n) is 13.4. The first-order chi connectivity index (χ1) is 12.3. The molecule has 3 rings (SSSR count). The van der Waals surface area contributed by atoms with Crippen LogP contribution >= 0.6 is 11.3 Å². The Labute approximate surface area is 149 Å². The summed E-state index contributed by atoms with van der Waals surface area (Å²) >= 11 is 1.49. The number of carboxylic acid groups (broad SMARTS) is 1. The molecule has 5 N–H and O–H groups in total. The van der Waals surface area contributed by atoms with Gasteiger partial charge in [-0.2, -0.15) is 5.10 Å². The van der Waals surface area contributed by atoms with Crippen LogP contribution in [0.4, 0.5) is 14.5 Å². The molecular formula is C15H14F2N6O2S. The fourth-order valence-corrected chi connectivity index (χ4v) is 3.34. The molecule has 136 valence electrons. The second-order valence-corrected chi connectivity index (χ2v) is 6.61. The Morgan fingerprint density at radius 2 is 2.19 bits per heavy atom. The summed E-state index contributed by atoms with van der Waals surface area (Å²) in [5.41, 5.74) is 0.592. The number of anilines is 1. The van der Waals surface area contributed by atoms with Crippen molar-refractivity contribution in [2.75, 3.05) is 5.01 Å². The van der Waals surface area contributed by atoms with Gasteiger partial charge in [-0.15, -0.1) is 11.3 Å². The largest absolute Gasteiger partial charge is 0.478 e. The number of rotatable bonds is 4. The summed E-state index contributed by atoms with van der Waals surface area (Å²) in [6, 6.07) is 4.91. The molecule has 0 bridgehead atoms. The van der Waals surface area contributed by atoms with Crippen LogP contribution in [0.3, 0.4) is 0 Å². The number of hydrazine groups is 1. The number of carboxylic acids is 1. The molecule has 0 aliphatic rings. The third kappa shape index (κ3) is 2.97. The number of imidazole rings is 1. The van der Waals surface area contributed by atoms with E-state index >= 15 is 0 Å². The predicted octanol–water partition coefficient (Wildman–Crippen LogP) is 2.29. The first-order valence-electron chi connectivity index (χ1n) is 7.25. The van der Waals surface area contributed by atoms with Crippen molar-refractivity contribution in [3.63, 3.8) is 0 Å². The molecule has 0 saturated heterocycles. The van der Waals surface area contributed by atoms with Gasteiger partial charge < -0.3 is 10.9 Å². The highest BCUT2D eigenvalue weighted by Crippen LogP contribution is 2.31. The zero-order chi connectivity index (χ0) is 19.0. The third-order valence-corrected chi connectivity index (χ3v) is 4.68. The summed E-state index contributed by atoms with van der Waals surface area (Å²) in [6.45, 7) is 1.93. The number of pyridine rings is 1. The number of hydrogen-bond acceptors (Lipinski definition) is 6. The number of hydrogen-bond donors (Lipinski definition) is 3. The van der Waals surface area contributed by atoms with E-state index in [9.17, 15) is 18.7 Å². The number of aryl methyl sites for hydroxylation is 1. The fourth-order valence-electron chi connectivity index (χ4n) is 2.47. The summed E-state index contributed by atoms with van der Waals surface area (Å²) in [4.78, 5) is 17.6. The molecule has 0 aliphatic carbocycles. The van der Waals surface area contributed by atoms with Crippen LogP contribution in [0.2, 0.25) is 0 Å². The SMILES string of the molecule is Cc1ccc(-c2cnc3c(N(N)/C(=N\N)C(F)F)cc(C(=O)O)cn23)s1. The van der Waals surface area contributed by atoms with Gasteiger partial charge in [0.25, 0.3) is 6.43 Å². The molecule has 3 aromatic heterocycles. The number of alkyl halides is 2. The highest BCUT2D eigenvalue weighted by Gasteiger charge is 2.25. The Morgan fingerprint density at radius 3 is 2.73 bits per heavy atom. The van der Waals surface area contributed by atoms with Gasteiger partial charge in [-0.3, -0.25) is 9.41 Å². The number of aromatic nitrogens is 2. The number of nitrogens with two attached hydrogens (primary N) is 2. The van der Waals surface area contributed by atoms with Gasteiger partial charge in [0.05, 0.1) is 22.3 Å². The van der Waals surface area contributed by atoms with Crippen LogP contribution in [0.15, 0.2) is 35.7 Å². The topological polar surface area (TPSA) is 122 Å². The van der Waals surface area contributed by atoms with Crippen LogP contribution in [0.1, 0.15) is 15.2 Å². The molecule has 0 radical (unpaired) electrons. The average Bonchev–Trinajstić information content (AvgIpc) is 3.19. The van der Waals surface area contributed by atoms with Crippen LogP contribution in [0.5, 0.6) is 0 Å². The van der Waals surface area contributed by atoms with Crippen molar-refractivity contribution >= 4 is 34.5 Å². The van der Waals surface area contributed by atoms with Crippen LogP contribution in [-0.4, -0.2) is 32.7 Å². The molecule has 0 aliphatic heterocycles. The Bertz CT molecular complexity index is 1010. The van der Waals surface area contributed by atoms with Gasteiger partial charge in [0.2, 0.25) is 5.84 Å². The molecule has 11 heteroatoms. The summed E-state index contributed by atoms with van der Waals surface area (Å²) < 4.78 is 27.7.